The molecule has 1 aromatic carbocycles. The molecule has 1 heterocycles. The monoisotopic (exact) mass is 569 g/mol. The number of hydrogen-bond donors (Lipinski definition) is 3. The molecule has 2 rings (SSSR count). The van der Waals surface area contributed by atoms with Crippen molar-refractivity contribution in [2.75, 3.05) is 20.7 Å². The average molecular weight is 570 g/mol. The van der Waals surface area contributed by atoms with Crippen LogP contribution in [0.5, 0.6) is 5.75 Å². The molecule has 0 saturated carbocycles. The second-order valence-corrected chi connectivity index (χ2v) is 13.0. The molecule has 1 aliphatic heterocycles. The van der Waals surface area contributed by atoms with Crippen LogP contribution in [0, 0.1) is 20.8 Å². The molecule has 0 fully saturated rings. The number of benzene rings is 1. The molecule has 0 aliphatic carbocycles. The van der Waals surface area contributed by atoms with Crippen molar-refractivity contribution in [3.63, 3.8) is 0 Å². The van der Waals surface area contributed by atoms with Crippen molar-refractivity contribution in [3.05, 3.63) is 22.3 Å². The summed E-state index contributed by atoms with van der Waals surface area (Å²) in [6.45, 7) is 14.4. The Morgan fingerprint density at radius 3 is 2.31 bits per heavy atom. The van der Waals surface area contributed by atoms with Crippen molar-refractivity contribution in [1.82, 2.24) is 14.7 Å². The molecule has 0 saturated heterocycles. The van der Waals surface area contributed by atoms with Crippen LogP contribution >= 0.6 is 0 Å². The van der Waals surface area contributed by atoms with Gasteiger partial charge >= 0.3 is 6.09 Å². The maximum atomic E-state index is 13.4. The van der Waals surface area contributed by atoms with Gasteiger partial charge in [0.05, 0.1) is 12.0 Å². The highest BCUT2D eigenvalue weighted by Crippen LogP contribution is 2.43. The number of nitrogens with one attached hydrogen (secondary N) is 1. The van der Waals surface area contributed by atoms with Gasteiger partial charge in [0.2, 0.25) is 5.96 Å². The van der Waals surface area contributed by atoms with Crippen molar-refractivity contribution < 1.29 is 32.7 Å². The van der Waals surface area contributed by atoms with E-state index in [4.69, 9.17) is 15.3 Å². The second kappa shape index (κ2) is 11.6. The first-order valence-electron chi connectivity index (χ1n) is 12.7. The van der Waals surface area contributed by atoms with Gasteiger partial charge in [0, 0.05) is 31.1 Å². The summed E-state index contributed by atoms with van der Waals surface area (Å²) in [5.74, 6) is -0.103. The number of hydroxylamine groups is 2. The first-order chi connectivity index (χ1) is 17.7. The summed E-state index contributed by atoms with van der Waals surface area (Å²) in [5.41, 5.74) is 7.46. The highest BCUT2D eigenvalue weighted by atomic mass is 32.2. The Morgan fingerprint density at radius 2 is 1.79 bits per heavy atom. The quantitative estimate of drug-likeness (QED) is 0.177. The van der Waals surface area contributed by atoms with Crippen LogP contribution in [-0.2, 0) is 26.1 Å². The van der Waals surface area contributed by atoms with Crippen molar-refractivity contribution in [2.45, 2.75) is 96.7 Å². The molecule has 39 heavy (non-hydrogen) atoms. The van der Waals surface area contributed by atoms with Crippen molar-refractivity contribution in [2.24, 2.45) is 10.7 Å². The number of carboxylic acid groups (broad SMARTS) is 1. The number of fused-ring (bicyclic) bond motifs is 1. The Hall–Kier alpha value is -3.06. The van der Waals surface area contributed by atoms with E-state index in [-0.39, 0.29) is 30.2 Å². The summed E-state index contributed by atoms with van der Waals surface area (Å²) in [5, 5.41) is 10.8. The average Bonchev–Trinajstić information content (AvgIpc) is 3.12. The fourth-order valence-corrected chi connectivity index (χ4v) is 6.43. The van der Waals surface area contributed by atoms with E-state index in [2.05, 4.69) is 9.71 Å². The van der Waals surface area contributed by atoms with Gasteiger partial charge in [-0.05, 0) is 84.9 Å². The molecule has 13 heteroatoms. The van der Waals surface area contributed by atoms with E-state index in [1.54, 1.807) is 34.6 Å². The molecular weight excluding hydrogens is 526 g/mol. The fourth-order valence-electron chi connectivity index (χ4n) is 4.90. The van der Waals surface area contributed by atoms with Crippen molar-refractivity contribution in [1.29, 1.82) is 0 Å². The van der Waals surface area contributed by atoms with Gasteiger partial charge in [-0.3, -0.25) is 19.5 Å². The van der Waals surface area contributed by atoms with Gasteiger partial charge in [0.1, 0.15) is 17.4 Å². The van der Waals surface area contributed by atoms with E-state index in [9.17, 15) is 23.1 Å². The number of ether oxygens (including phenoxy) is 1. The van der Waals surface area contributed by atoms with Crippen LogP contribution in [0.15, 0.2) is 9.89 Å². The normalized spacial score (nSPS) is 15.8. The zero-order valence-corrected chi connectivity index (χ0v) is 25.4. The Bertz CT molecular complexity index is 1250. The Balaban J connectivity index is 2.22. The summed E-state index contributed by atoms with van der Waals surface area (Å²) in [4.78, 5) is 35.2. The summed E-state index contributed by atoms with van der Waals surface area (Å²) in [7, 11) is -1.34. The van der Waals surface area contributed by atoms with Crippen LogP contribution in [0.3, 0.4) is 0 Å². The van der Waals surface area contributed by atoms with Gasteiger partial charge in [-0.2, -0.15) is 0 Å². The molecule has 1 atom stereocenters. The lowest BCUT2D eigenvalue weighted by Crippen LogP contribution is -2.56. The van der Waals surface area contributed by atoms with Gasteiger partial charge in [-0.15, -0.1) is 0 Å². The Kier molecular flexibility index (Phi) is 9.55. The molecule has 1 aliphatic rings. The van der Waals surface area contributed by atoms with Crippen LogP contribution in [0.2, 0.25) is 0 Å². The topological polar surface area (TPSA) is 164 Å². The molecule has 0 bridgehead atoms. The smallest absolute Gasteiger partial charge is 0.408 e. The number of rotatable bonds is 9. The molecular formula is C26H43N5O7S. The first kappa shape index (κ1) is 32.2. The number of carbonyl (C=O) groups is 2. The highest BCUT2D eigenvalue weighted by Gasteiger charge is 2.39. The predicted molar refractivity (Wildman–Crippen MR) is 148 cm³/mol. The van der Waals surface area contributed by atoms with Gasteiger partial charge in [0.15, 0.2) is 0 Å². The van der Waals surface area contributed by atoms with Gasteiger partial charge in [-0.25, -0.2) is 23.0 Å². The van der Waals surface area contributed by atoms with Gasteiger partial charge < -0.3 is 15.6 Å². The minimum absolute atomic E-state index is 0.0651. The molecule has 0 aromatic heterocycles. The van der Waals surface area contributed by atoms with Crippen LogP contribution in [0.25, 0.3) is 0 Å². The highest BCUT2D eigenvalue weighted by molar-refractivity contribution is 7.90. The Morgan fingerprint density at radius 1 is 1.21 bits per heavy atom. The Labute approximate surface area is 231 Å². The van der Waals surface area contributed by atoms with E-state index in [1.807, 2.05) is 20.8 Å². The molecule has 0 unspecified atom stereocenters. The van der Waals surface area contributed by atoms with Crippen molar-refractivity contribution >= 4 is 28.0 Å². The van der Waals surface area contributed by atoms with Crippen LogP contribution in [0.1, 0.15) is 69.7 Å². The molecule has 12 nitrogen and oxygen atoms in total. The number of carbonyl (C=O) groups excluding carboxylic acids is 1. The third-order valence-electron chi connectivity index (χ3n) is 6.83. The largest absolute Gasteiger partial charge is 0.487 e. The number of amides is 2. The lowest BCUT2D eigenvalue weighted by atomic mass is 9.94. The predicted octanol–water partition coefficient (Wildman–Crippen LogP) is 2.87. The molecule has 2 amide bonds. The first-order valence-corrected chi connectivity index (χ1v) is 14.2. The maximum Gasteiger partial charge on any atom is 0.408 e. The van der Waals surface area contributed by atoms with Gasteiger partial charge in [-0.1, -0.05) is 0 Å². The second-order valence-electron chi connectivity index (χ2n) is 11.4. The zero-order chi connectivity index (χ0) is 30.1. The minimum atomic E-state index is -4.05. The van der Waals surface area contributed by atoms with E-state index >= 15 is 0 Å². The number of sulfonamides is 1. The number of aliphatic imine (C=N–C) groups is 1. The molecule has 4 N–H and O–H groups in total. The lowest BCUT2D eigenvalue weighted by Gasteiger charge is -2.39. The molecule has 0 radical (unpaired) electrons. The number of nitrogens with zero attached hydrogens (tertiary/aromatic N) is 3. The number of guanidine groups is 1. The minimum Gasteiger partial charge on any atom is -0.487 e. The number of likely N-dealkylation sites (N-methyl/N-ethyl adjacent to an activating group) is 1. The summed E-state index contributed by atoms with van der Waals surface area (Å²) >= 11 is 0. The standard InChI is InChI=1S/C26H43N5O7S/c1-15-16(2)21(17(3)18-14-26(7,8)38-20(15)18)39(35,36)29-23(27)28-13-11-12-19(22(32)30(9)37-10)31(24(33)34)25(4,5)6/h19H,11-14H2,1-10H3,(H,33,34)(H3,27,28,29)/t19-/m0/s1. The fraction of sp³-hybridized carbons (Fsp3) is 0.654. The number of nitrogens with two attached hydrogens (primary N) is 1. The van der Waals surface area contributed by atoms with Crippen molar-refractivity contribution in [3.8, 4) is 5.75 Å². The molecule has 0 spiro atoms. The van der Waals surface area contributed by atoms with Crippen LogP contribution in [0.4, 0.5) is 4.79 Å². The third kappa shape index (κ3) is 7.13. The van der Waals surface area contributed by atoms with Crippen LogP contribution < -0.4 is 15.2 Å². The summed E-state index contributed by atoms with van der Waals surface area (Å²) in [6, 6.07) is -1.04. The van der Waals surface area contributed by atoms with Gasteiger partial charge in [0.25, 0.3) is 15.9 Å². The van der Waals surface area contributed by atoms with E-state index < -0.39 is 39.2 Å². The van der Waals surface area contributed by atoms with E-state index in [0.29, 0.717) is 17.5 Å². The molecule has 220 valence electrons. The number of hydrogen-bond acceptors (Lipinski definition) is 7. The van der Waals surface area contributed by atoms with Crippen LogP contribution in [-0.4, -0.2) is 79.3 Å². The zero-order valence-electron chi connectivity index (χ0n) is 24.6. The van der Waals surface area contributed by atoms with E-state index in [0.717, 1.165) is 26.8 Å². The maximum absolute atomic E-state index is 13.4. The molecule has 1 aromatic rings. The van der Waals surface area contributed by atoms with E-state index in [1.165, 1.54) is 14.2 Å². The SMILES string of the molecule is CON(C)C(=O)[C@H](CCCN=C(N)NS(=O)(=O)c1c(C)c(C)c2c(c1C)CC(C)(C)O2)N(C(=O)O)C(C)(C)C. The summed E-state index contributed by atoms with van der Waals surface area (Å²) < 4.78 is 35.2. The third-order valence-corrected chi connectivity index (χ3v) is 8.45. The summed E-state index contributed by atoms with van der Waals surface area (Å²) in [6.07, 6.45) is -0.275. The lowest BCUT2D eigenvalue weighted by molar-refractivity contribution is -0.175.